The van der Waals surface area contributed by atoms with E-state index < -0.39 is 6.72 Å². The SMILES string of the molecule is CCCNP(=O)([O-])SCc1ccccc1.[Na+]. The zero-order valence-corrected chi connectivity index (χ0v) is 13.4. The third kappa shape index (κ3) is 7.13. The van der Waals surface area contributed by atoms with Gasteiger partial charge in [-0.05, 0) is 12.0 Å². The number of benzene rings is 1. The molecule has 1 unspecified atom stereocenters. The van der Waals surface area contributed by atoms with Crippen molar-refractivity contribution >= 4 is 18.1 Å². The zero-order valence-electron chi connectivity index (χ0n) is 9.68. The van der Waals surface area contributed by atoms with E-state index in [1.165, 1.54) is 0 Å². The van der Waals surface area contributed by atoms with Crippen molar-refractivity contribution in [3.05, 3.63) is 35.9 Å². The summed E-state index contributed by atoms with van der Waals surface area (Å²) in [6.07, 6.45) is 0.818. The Hall–Kier alpha value is 0.720. The Balaban J connectivity index is 0.00000225. The van der Waals surface area contributed by atoms with Crippen LogP contribution in [0.5, 0.6) is 0 Å². The number of hydrogen-bond acceptors (Lipinski definition) is 3. The fourth-order valence-electron chi connectivity index (χ4n) is 1.03. The largest absolute Gasteiger partial charge is 1.00 e. The van der Waals surface area contributed by atoms with Gasteiger partial charge in [0.15, 0.2) is 0 Å². The molecule has 0 saturated heterocycles. The molecule has 0 bridgehead atoms. The molecule has 0 aliphatic heterocycles. The van der Waals surface area contributed by atoms with Crippen LogP contribution < -0.4 is 39.5 Å². The average molecular weight is 267 g/mol. The molecule has 3 nitrogen and oxygen atoms in total. The van der Waals surface area contributed by atoms with E-state index in [0.29, 0.717) is 12.3 Å². The summed E-state index contributed by atoms with van der Waals surface area (Å²) < 4.78 is 11.4. The first-order valence-corrected chi connectivity index (χ1v) is 8.10. The van der Waals surface area contributed by atoms with Gasteiger partial charge in [0.1, 0.15) is 6.72 Å². The maximum atomic E-state index is 11.4. The van der Waals surface area contributed by atoms with Crippen LogP contribution >= 0.6 is 18.1 Å². The minimum atomic E-state index is -3.46. The molecule has 0 aliphatic carbocycles. The molecule has 16 heavy (non-hydrogen) atoms. The molecule has 1 aromatic rings. The molecule has 1 rings (SSSR count). The average Bonchev–Trinajstić information content (AvgIpc) is 2.25. The van der Waals surface area contributed by atoms with E-state index in [4.69, 9.17) is 0 Å². The molecule has 84 valence electrons. The van der Waals surface area contributed by atoms with E-state index in [0.717, 1.165) is 23.4 Å². The molecule has 1 atom stereocenters. The zero-order chi connectivity index (χ0) is 11.1. The van der Waals surface area contributed by atoms with Crippen LogP contribution in [0.1, 0.15) is 18.9 Å². The van der Waals surface area contributed by atoms with Gasteiger partial charge in [-0.1, -0.05) is 48.6 Å². The van der Waals surface area contributed by atoms with Crippen molar-refractivity contribution in [2.24, 2.45) is 0 Å². The predicted molar refractivity (Wildman–Crippen MR) is 63.6 cm³/mol. The standard InChI is InChI=1S/C10H16NO2PS.Na/c1-2-8-11-14(12,13)15-9-10-6-4-3-5-7-10;/h3-7H,2,8-9H2,1H3,(H2,11,12,13);/q;+1/p-1. The van der Waals surface area contributed by atoms with Crippen molar-refractivity contribution in [2.75, 3.05) is 6.54 Å². The van der Waals surface area contributed by atoms with E-state index >= 15 is 0 Å². The van der Waals surface area contributed by atoms with Crippen molar-refractivity contribution in [2.45, 2.75) is 19.1 Å². The Labute approximate surface area is 123 Å². The quantitative estimate of drug-likeness (QED) is 0.552. The monoisotopic (exact) mass is 267 g/mol. The smallest absolute Gasteiger partial charge is 0.780 e. The van der Waals surface area contributed by atoms with E-state index in [9.17, 15) is 9.46 Å². The summed E-state index contributed by atoms with van der Waals surface area (Å²) >= 11 is 0.961. The summed E-state index contributed by atoms with van der Waals surface area (Å²) in [7, 11) is 0. The van der Waals surface area contributed by atoms with E-state index in [2.05, 4.69) is 5.09 Å². The Morgan fingerprint density at radius 1 is 1.38 bits per heavy atom. The van der Waals surface area contributed by atoms with Gasteiger partial charge in [-0.15, -0.1) is 0 Å². The molecule has 0 heterocycles. The molecule has 0 spiro atoms. The van der Waals surface area contributed by atoms with Gasteiger partial charge in [-0.2, -0.15) is 0 Å². The van der Waals surface area contributed by atoms with E-state index in [1.807, 2.05) is 37.3 Å². The molecule has 0 radical (unpaired) electrons. The van der Waals surface area contributed by atoms with E-state index in [1.54, 1.807) is 0 Å². The van der Waals surface area contributed by atoms with Crippen LogP contribution in [-0.4, -0.2) is 6.54 Å². The second-order valence-corrected chi connectivity index (χ2v) is 7.24. The van der Waals surface area contributed by atoms with Crippen LogP contribution in [0.2, 0.25) is 0 Å². The van der Waals surface area contributed by atoms with E-state index in [-0.39, 0.29) is 29.6 Å². The Bertz CT molecular complexity index is 337. The third-order valence-electron chi connectivity index (χ3n) is 1.80. The molecule has 0 saturated carbocycles. The molecule has 0 aliphatic rings. The first-order valence-electron chi connectivity index (χ1n) is 4.88. The molecule has 6 heteroatoms. The van der Waals surface area contributed by atoms with Crippen molar-refractivity contribution in [3.63, 3.8) is 0 Å². The first-order chi connectivity index (χ1) is 7.14. The van der Waals surface area contributed by atoms with Crippen LogP contribution in [0.4, 0.5) is 0 Å². The van der Waals surface area contributed by atoms with Gasteiger partial charge >= 0.3 is 29.6 Å². The normalized spacial score (nSPS) is 13.9. The third-order valence-corrected chi connectivity index (χ3v) is 5.01. The van der Waals surface area contributed by atoms with Gasteiger partial charge in [0.25, 0.3) is 0 Å². The molecular formula is C10H15NNaO2PS. The van der Waals surface area contributed by atoms with Gasteiger partial charge in [0.05, 0.1) is 0 Å². The summed E-state index contributed by atoms with van der Waals surface area (Å²) in [6.45, 7) is -1.00. The van der Waals surface area contributed by atoms with Crippen molar-refractivity contribution < 1.29 is 39.0 Å². The minimum Gasteiger partial charge on any atom is -0.780 e. The number of hydrogen-bond donors (Lipinski definition) is 1. The van der Waals surface area contributed by atoms with Crippen molar-refractivity contribution in [3.8, 4) is 0 Å². The predicted octanol–water partition coefficient (Wildman–Crippen LogP) is -0.608. The van der Waals surface area contributed by atoms with Gasteiger partial charge in [0.2, 0.25) is 0 Å². The number of rotatable bonds is 6. The minimum absolute atomic E-state index is 0. The Morgan fingerprint density at radius 3 is 2.56 bits per heavy atom. The first kappa shape index (κ1) is 16.7. The molecule has 1 aromatic carbocycles. The summed E-state index contributed by atoms with van der Waals surface area (Å²) in [5.41, 5.74) is 1.02. The molecular weight excluding hydrogens is 252 g/mol. The van der Waals surface area contributed by atoms with Crippen LogP contribution in [-0.2, 0) is 10.3 Å². The summed E-state index contributed by atoms with van der Waals surface area (Å²) in [5.74, 6) is 0.498. The van der Waals surface area contributed by atoms with Gasteiger partial charge in [0, 0.05) is 12.3 Å². The van der Waals surface area contributed by atoms with Crippen LogP contribution in [0.15, 0.2) is 30.3 Å². The Morgan fingerprint density at radius 2 is 2.00 bits per heavy atom. The van der Waals surface area contributed by atoms with Crippen molar-refractivity contribution in [1.29, 1.82) is 0 Å². The molecule has 0 aromatic heterocycles. The second kappa shape index (κ2) is 8.76. The summed E-state index contributed by atoms with van der Waals surface area (Å²) in [6, 6.07) is 9.58. The maximum absolute atomic E-state index is 11.4. The molecule has 0 fully saturated rings. The Kier molecular flexibility index (Phi) is 9.15. The summed E-state index contributed by atoms with van der Waals surface area (Å²) in [5, 5.41) is 2.54. The fraction of sp³-hybridized carbons (Fsp3) is 0.400. The number of nitrogens with one attached hydrogen (secondary N) is 1. The van der Waals surface area contributed by atoms with Gasteiger partial charge < -0.3 is 9.46 Å². The second-order valence-electron chi connectivity index (χ2n) is 3.16. The van der Waals surface area contributed by atoms with Crippen LogP contribution in [0.3, 0.4) is 0 Å². The van der Waals surface area contributed by atoms with Crippen molar-refractivity contribution in [1.82, 2.24) is 5.09 Å². The molecule has 1 N–H and O–H groups in total. The molecule has 0 amide bonds. The fourth-order valence-corrected chi connectivity index (χ4v) is 3.63. The van der Waals surface area contributed by atoms with Gasteiger partial charge in [-0.3, -0.25) is 5.09 Å². The van der Waals surface area contributed by atoms with Gasteiger partial charge in [-0.25, -0.2) is 0 Å². The maximum Gasteiger partial charge on any atom is 1.00 e. The van der Waals surface area contributed by atoms with Crippen LogP contribution in [0, 0.1) is 0 Å². The summed E-state index contributed by atoms with van der Waals surface area (Å²) in [4.78, 5) is 11.4. The van der Waals surface area contributed by atoms with Crippen LogP contribution in [0.25, 0.3) is 0 Å². The topological polar surface area (TPSA) is 52.2 Å².